The average molecular weight is 1640 g/mol. The van der Waals surface area contributed by atoms with E-state index in [1.54, 1.807) is 66.7 Å². The minimum absolute atomic E-state index is 0.0484. The van der Waals surface area contributed by atoms with Crippen molar-refractivity contribution in [2.24, 2.45) is 28.7 Å². The first kappa shape index (κ1) is 93.0. The summed E-state index contributed by atoms with van der Waals surface area (Å²) in [5, 5.41) is 74.9. The summed E-state index contributed by atoms with van der Waals surface area (Å²) in [7, 11) is 0. The van der Waals surface area contributed by atoms with E-state index >= 15 is 24.0 Å². The maximum Gasteiger partial charge on any atom is 0.326 e. The standard InChI is InChI=1S/C76H101N21O21/c1-37(98)62-72(115)93-51(31-42-36-85-46-18-8-7-17-45(42)46)67(110)88-49(25-26-57(77)101)65(108)87-48(20-12-28-84-75(81)82)64(107)89-50(29-39-21-23-43(100)24-22-39)66(109)90-52(30-41-15-11-14-40-13-5-6-16-44(40)41)71(114)97-76(3,4)74(118)95-55(69(112)92-53(32-58(78)102)68(111)94-56(73(116)117)34-60(80)104)35-61(105)83-27-10-9-19-47(86-38(2)99)63(106)91-54(33-59(79)103)70(113)96-62/h5-8,11,13-18,21-24,36-37,47-56,62,85,98,100H,9-10,12,19-20,25-35H2,1-4H3,(H2,77,101)(H2,78,102)(H2,79,103)(H2,80,104)(H,83,105)(H,86,99)(H,87,108)(H,88,110)(H,89,107)(H,90,109)(H,91,106)(H,92,112)(H,93,115)(H,94,111)(H,95,118)(H,96,113)(H,97,114)(H,116,117)(H4,81,82,84)/t37-,47?,48+,49+,50+,51+,52+,53+,54+,55-,56+,62?/m1/s1. The van der Waals surface area contributed by atoms with E-state index in [1.165, 1.54) is 30.5 Å². The number of guanidine groups is 1. The van der Waals surface area contributed by atoms with Crippen LogP contribution in [0, 0.1) is 5.41 Å². The highest BCUT2D eigenvalue weighted by atomic mass is 16.4. The molecular weight excluding hydrogens is 1540 g/mol. The maximum absolute atomic E-state index is 15.4. The van der Waals surface area contributed by atoms with Crippen LogP contribution >= 0.6 is 0 Å². The van der Waals surface area contributed by atoms with E-state index in [0.717, 1.165) is 27.7 Å². The number of aliphatic hydroxyl groups is 1. The molecule has 42 heteroatoms. The second kappa shape index (κ2) is 44.2. The molecule has 17 amide bonds. The molecule has 29 N–H and O–H groups in total. The second-order valence-electron chi connectivity index (χ2n) is 28.8. The van der Waals surface area contributed by atoms with Crippen molar-refractivity contribution in [3.05, 3.63) is 114 Å². The summed E-state index contributed by atoms with van der Waals surface area (Å²) in [6.45, 7) is 3.99. The van der Waals surface area contributed by atoms with Crippen molar-refractivity contribution in [2.75, 3.05) is 13.1 Å². The molecule has 1 fully saturated rings. The van der Waals surface area contributed by atoms with E-state index < -0.39 is 242 Å². The molecule has 2 heterocycles. The first-order valence-electron chi connectivity index (χ1n) is 37.5. The molecule has 2 unspecified atom stereocenters. The lowest BCUT2D eigenvalue weighted by molar-refractivity contribution is -0.144. The zero-order valence-electron chi connectivity index (χ0n) is 65.1. The number of amides is 17. The number of nitrogens with two attached hydrogens (primary N) is 5. The number of carboxylic acid groups (broad SMARTS) is 1. The molecule has 42 nitrogen and oxygen atoms in total. The zero-order valence-corrected chi connectivity index (χ0v) is 65.1. The SMILES string of the molecule is CC(=O)NC1CCCCNC(=O)C[C@H](C(=O)N[C@@H](CC(N)=O)C(=O)N[C@@H](CC(N)=O)C(=O)O)NC(=O)C(C)(C)NC(=O)[C@H](Cc2cccc3ccccc23)NC(=O)[C@H](Cc2ccc(O)cc2)NC(=O)[C@H](CCCNC(=N)N)NC(=O)[C@H](CCC(N)=O)NC(=O)[C@H](Cc2c[nH]c3ccccc23)NC(=O)C([C@@H](C)O)NC(=O)[C@H](CC(N)=O)NC1=O. The van der Waals surface area contributed by atoms with Gasteiger partial charge in [-0.25, -0.2) is 4.79 Å². The van der Waals surface area contributed by atoms with Crippen molar-refractivity contribution < 1.29 is 102 Å². The van der Waals surface area contributed by atoms with Crippen molar-refractivity contribution in [1.82, 2.24) is 79.4 Å². The van der Waals surface area contributed by atoms with Crippen molar-refractivity contribution in [1.29, 1.82) is 5.41 Å². The van der Waals surface area contributed by atoms with Gasteiger partial charge in [0, 0.05) is 62.8 Å². The van der Waals surface area contributed by atoms with Crippen LogP contribution in [0.4, 0.5) is 0 Å². The Kier molecular flexibility index (Phi) is 34.8. The summed E-state index contributed by atoms with van der Waals surface area (Å²) < 4.78 is 0. The van der Waals surface area contributed by atoms with Crippen LogP contribution in [0.15, 0.2) is 97.2 Å². The number of phenols is 1. The normalized spacial score (nSPS) is 21.6. The molecule has 4 aromatic carbocycles. The molecule has 0 spiro atoms. The average Bonchev–Trinajstić information content (AvgIpc) is 0.907. The summed E-state index contributed by atoms with van der Waals surface area (Å²) in [5.41, 5.74) is 26.8. The number of aromatic amines is 1. The van der Waals surface area contributed by atoms with Crippen LogP contribution < -0.4 is 103 Å². The lowest BCUT2D eigenvalue weighted by atomic mass is 9.96. The number of carbonyl (C=O) groups excluding carboxylic acids is 17. The predicted octanol–water partition coefficient (Wildman–Crippen LogP) is -6.39. The summed E-state index contributed by atoms with van der Waals surface area (Å²) in [4.78, 5) is 253. The van der Waals surface area contributed by atoms with Gasteiger partial charge in [0.1, 0.15) is 77.7 Å². The number of nitrogens with one attached hydrogen (secondary N) is 16. The monoisotopic (exact) mass is 1640 g/mol. The van der Waals surface area contributed by atoms with Crippen LogP contribution in [0.5, 0.6) is 5.75 Å². The molecule has 1 aromatic heterocycles. The number of H-pyrrole nitrogens is 1. The number of aromatic hydroxyl groups is 1. The van der Waals surface area contributed by atoms with Crippen LogP contribution in [0.2, 0.25) is 0 Å². The van der Waals surface area contributed by atoms with E-state index in [0.29, 0.717) is 32.8 Å². The number of carboxylic acids is 1. The number of aliphatic carboxylic acids is 1. The number of carbonyl (C=O) groups is 18. The Morgan fingerprint density at radius 3 is 1.74 bits per heavy atom. The third-order valence-corrected chi connectivity index (χ3v) is 18.7. The highest BCUT2D eigenvalue weighted by Crippen LogP contribution is 2.23. The summed E-state index contributed by atoms with van der Waals surface area (Å²) in [6, 6.07) is 3.48. The first-order valence-corrected chi connectivity index (χ1v) is 37.5. The quantitative estimate of drug-likeness (QED) is 0.0139. The Morgan fingerprint density at radius 1 is 0.576 bits per heavy atom. The van der Waals surface area contributed by atoms with Gasteiger partial charge in [0.05, 0.1) is 31.8 Å². The zero-order chi connectivity index (χ0) is 87.3. The number of aromatic nitrogens is 1. The molecule has 636 valence electrons. The van der Waals surface area contributed by atoms with Gasteiger partial charge in [-0.15, -0.1) is 0 Å². The fraction of sp³-hybridized carbons (Fsp3) is 0.434. The molecule has 0 aliphatic carbocycles. The van der Waals surface area contributed by atoms with E-state index in [-0.39, 0.29) is 62.9 Å². The highest BCUT2D eigenvalue weighted by molar-refractivity contribution is 6.03. The van der Waals surface area contributed by atoms with Gasteiger partial charge in [-0.05, 0) is 105 Å². The number of hydrogen-bond acceptors (Lipinski definition) is 21. The smallest absolute Gasteiger partial charge is 0.326 e. The number of aliphatic hydroxyl groups excluding tert-OH is 1. The van der Waals surface area contributed by atoms with Gasteiger partial charge in [0.15, 0.2) is 5.96 Å². The minimum atomic E-state index is -2.22. The topological polar surface area (TPSA) is 706 Å². The molecular formula is C76H101N21O21. The molecule has 1 aliphatic heterocycles. The van der Waals surface area contributed by atoms with Gasteiger partial charge in [-0.2, -0.15) is 0 Å². The third-order valence-electron chi connectivity index (χ3n) is 18.7. The Morgan fingerprint density at radius 2 is 1.13 bits per heavy atom. The van der Waals surface area contributed by atoms with Crippen LogP contribution in [-0.2, 0) is 106 Å². The molecule has 1 saturated heterocycles. The van der Waals surface area contributed by atoms with Gasteiger partial charge >= 0.3 is 5.97 Å². The summed E-state index contributed by atoms with van der Waals surface area (Å²) in [5.74, 6) is -22.3. The fourth-order valence-corrected chi connectivity index (χ4v) is 12.6. The summed E-state index contributed by atoms with van der Waals surface area (Å²) in [6.07, 6.45) is -7.57. The molecule has 12 atom stereocenters. The van der Waals surface area contributed by atoms with Crippen molar-refractivity contribution in [3.8, 4) is 5.75 Å². The van der Waals surface area contributed by atoms with Crippen LogP contribution in [0.3, 0.4) is 0 Å². The van der Waals surface area contributed by atoms with E-state index in [2.05, 4.69) is 74.1 Å². The number of rotatable bonds is 26. The first-order chi connectivity index (χ1) is 55.7. The molecule has 1 aliphatic rings. The Labute approximate surface area is 674 Å². The third kappa shape index (κ3) is 29.5. The molecule has 0 radical (unpaired) electrons. The minimum Gasteiger partial charge on any atom is -0.508 e. The van der Waals surface area contributed by atoms with Crippen LogP contribution in [-0.4, -0.2) is 224 Å². The largest absolute Gasteiger partial charge is 0.508 e. The Bertz CT molecular complexity index is 4570. The molecule has 0 bridgehead atoms. The summed E-state index contributed by atoms with van der Waals surface area (Å²) >= 11 is 0. The Hall–Kier alpha value is -13.8. The fourth-order valence-electron chi connectivity index (χ4n) is 12.6. The number of para-hydroxylation sites is 1. The number of fused-ring (bicyclic) bond motifs is 2. The van der Waals surface area contributed by atoms with Gasteiger partial charge in [0.2, 0.25) is 100 Å². The molecule has 0 saturated carbocycles. The lowest BCUT2D eigenvalue weighted by Gasteiger charge is -2.31. The number of hydrogen-bond donors (Lipinski definition) is 24. The molecule has 5 aromatic rings. The highest BCUT2D eigenvalue weighted by Gasteiger charge is 2.41. The van der Waals surface area contributed by atoms with Gasteiger partial charge in [-0.1, -0.05) is 72.8 Å². The van der Waals surface area contributed by atoms with Crippen LogP contribution in [0.1, 0.15) is 115 Å². The van der Waals surface area contributed by atoms with Crippen molar-refractivity contribution >= 4 is 134 Å². The van der Waals surface area contributed by atoms with Crippen LogP contribution in [0.25, 0.3) is 21.7 Å². The van der Waals surface area contributed by atoms with E-state index in [9.17, 15) is 77.6 Å². The number of primary amides is 4. The number of benzene rings is 4. The second-order valence-corrected chi connectivity index (χ2v) is 28.8. The molecule has 6 rings (SSSR count). The lowest BCUT2D eigenvalue weighted by Crippen LogP contribution is -2.64. The van der Waals surface area contributed by atoms with Gasteiger partial charge in [-0.3, -0.25) is 86.9 Å². The Balaban J connectivity index is 1.50. The number of phenolic OH excluding ortho intramolecular Hbond substituents is 1. The van der Waals surface area contributed by atoms with Gasteiger partial charge < -0.3 is 123 Å². The van der Waals surface area contributed by atoms with Crippen molar-refractivity contribution in [2.45, 2.75) is 196 Å². The predicted molar refractivity (Wildman–Crippen MR) is 420 cm³/mol. The van der Waals surface area contributed by atoms with Crippen molar-refractivity contribution in [3.63, 3.8) is 0 Å². The van der Waals surface area contributed by atoms with E-state index in [1.807, 2.05) is 5.32 Å². The van der Waals surface area contributed by atoms with E-state index in [4.69, 9.17) is 34.1 Å². The molecule has 118 heavy (non-hydrogen) atoms. The van der Waals surface area contributed by atoms with Gasteiger partial charge in [0.25, 0.3) is 0 Å². The maximum atomic E-state index is 15.4.